The predicted molar refractivity (Wildman–Crippen MR) is 112 cm³/mol. The molecule has 1 aliphatic heterocycles. The zero-order valence-corrected chi connectivity index (χ0v) is 17.8. The topological polar surface area (TPSA) is 92.8 Å². The van der Waals surface area contributed by atoms with Crippen molar-refractivity contribution in [3.8, 4) is 0 Å². The summed E-state index contributed by atoms with van der Waals surface area (Å²) in [6, 6.07) is 5.55. The lowest BCUT2D eigenvalue weighted by molar-refractivity contribution is -0.121. The molecule has 8 heteroatoms. The predicted octanol–water partition coefficient (Wildman–Crippen LogP) is 3.28. The van der Waals surface area contributed by atoms with E-state index in [1.54, 1.807) is 38.1 Å². The molecule has 1 aromatic carbocycles. The van der Waals surface area contributed by atoms with E-state index in [0.717, 1.165) is 34.6 Å². The van der Waals surface area contributed by atoms with E-state index in [-0.39, 0.29) is 5.92 Å². The van der Waals surface area contributed by atoms with Gasteiger partial charge in [-0.1, -0.05) is 26.0 Å². The third kappa shape index (κ3) is 3.11. The lowest BCUT2D eigenvalue weighted by Gasteiger charge is -2.28. The first-order valence-electron chi connectivity index (χ1n) is 9.85. The van der Waals surface area contributed by atoms with Crippen molar-refractivity contribution in [3.63, 3.8) is 0 Å². The van der Waals surface area contributed by atoms with E-state index in [1.165, 1.54) is 18.4 Å². The molecule has 2 heterocycles. The molecule has 1 aromatic heterocycles. The van der Waals surface area contributed by atoms with Crippen molar-refractivity contribution in [1.82, 2.24) is 4.90 Å². The second-order valence-corrected chi connectivity index (χ2v) is 8.86. The fraction of sp³-hybridized carbons (Fsp3) is 0.364. The molecule has 1 aliphatic carbocycles. The van der Waals surface area contributed by atoms with E-state index in [9.17, 15) is 19.2 Å². The van der Waals surface area contributed by atoms with Crippen molar-refractivity contribution in [2.24, 2.45) is 5.92 Å². The van der Waals surface area contributed by atoms with Gasteiger partial charge in [0.1, 0.15) is 11.0 Å². The van der Waals surface area contributed by atoms with Crippen LogP contribution >= 0.6 is 11.3 Å². The number of thiophene rings is 1. The molecule has 1 atom stereocenters. The minimum absolute atomic E-state index is 0.297. The fourth-order valence-electron chi connectivity index (χ4n) is 4.17. The van der Waals surface area contributed by atoms with Gasteiger partial charge in [0, 0.05) is 4.88 Å². The maximum atomic E-state index is 13.3. The van der Waals surface area contributed by atoms with Gasteiger partial charge in [0.2, 0.25) is 5.91 Å². The van der Waals surface area contributed by atoms with Gasteiger partial charge in [-0.2, -0.15) is 0 Å². The summed E-state index contributed by atoms with van der Waals surface area (Å²) in [5.41, 5.74) is 1.90. The maximum absolute atomic E-state index is 13.3. The van der Waals surface area contributed by atoms with Crippen LogP contribution in [0, 0.1) is 5.92 Å². The molecule has 0 bridgehead atoms. The van der Waals surface area contributed by atoms with Gasteiger partial charge in [-0.3, -0.25) is 19.3 Å². The summed E-state index contributed by atoms with van der Waals surface area (Å²) in [4.78, 5) is 53.5. The number of aryl methyl sites for hydroxylation is 1. The number of carbonyl (C=O) groups is 4. The fourth-order valence-corrected chi connectivity index (χ4v) is 5.46. The van der Waals surface area contributed by atoms with Crippen LogP contribution in [-0.2, 0) is 22.4 Å². The highest BCUT2D eigenvalue weighted by Crippen LogP contribution is 2.40. The Hall–Kier alpha value is -3.00. The molecule has 2 aliphatic rings. The Bertz CT molecular complexity index is 1040. The number of rotatable bonds is 5. The van der Waals surface area contributed by atoms with Gasteiger partial charge in [0.05, 0.1) is 23.8 Å². The SMILES string of the molecule is COC(=O)c1c(NC(=O)[C@@H](C(C)C)N2C(=O)c3ccccc3C2=O)sc2c1CCC2. The summed E-state index contributed by atoms with van der Waals surface area (Å²) in [7, 11) is 1.31. The number of methoxy groups -OCH3 is 1. The molecule has 30 heavy (non-hydrogen) atoms. The molecule has 0 radical (unpaired) electrons. The zero-order chi connectivity index (χ0) is 21.6. The Morgan fingerprint density at radius 1 is 1.10 bits per heavy atom. The summed E-state index contributed by atoms with van der Waals surface area (Å²) in [6.07, 6.45) is 2.58. The third-order valence-corrected chi connectivity index (χ3v) is 6.76. The second kappa shape index (κ2) is 7.68. The van der Waals surface area contributed by atoms with Crippen LogP contribution in [-0.4, -0.2) is 41.7 Å². The normalized spacial score (nSPS) is 15.9. The first-order chi connectivity index (χ1) is 14.3. The van der Waals surface area contributed by atoms with Crippen molar-refractivity contribution in [2.75, 3.05) is 12.4 Å². The van der Waals surface area contributed by atoms with Gasteiger partial charge in [-0.25, -0.2) is 4.79 Å². The number of hydrogen-bond acceptors (Lipinski definition) is 6. The van der Waals surface area contributed by atoms with Crippen LogP contribution in [0.2, 0.25) is 0 Å². The van der Waals surface area contributed by atoms with Gasteiger partial charge in [-0.05, 0) is 42.9 Å². The quantitative estimate of drug-likeness (QED) is 0.585. The van der Waals surface area contributed by atoms with Crippen molar-refractivity contribution in [1.29, 1.82) is 0 Å². The van der Waals surface area contributed by atoms with Crippen molar-refractivity contribution < 1.29 is 23.9 Å². The second-order valence-electron chi connectivity index (χ2n) is 7.76. The minimum Gasteiger partial charge on any atom is -0.465 e. The number of ether oxygens (including phenoxy) is 1. The van der Waals surface area contributed by atoms with E-state index in [0.29, 0.717) is 21.7 Å². The van der Waals surface area contributed by atoms with Gasteiger partial charge < -0.3 is 10.1 Å². The summed E-state index contributed by atoms with van der Waals surface area (Å²) >= 11 is 1.36. The number of nitrogens with one attached hydrogen (secondary N) is 1. The molecule has 156 valence electrons. The van der Waals surface area contributed by atoms with Crippen molar-refractivity contribution in [3.05, 3.63) is 51.4 Å². The molecule has 7 nitrogen and oxygen atoms in total. The molecule has 0 spiro atoms. The summed E-state index contributed by atoms with van der Waals surface area (Å²) in [5, 5.41) is 3.23. The zero-order valence-electron chi connectivity index (χ0n) is 17.0. The van der Waals surface area contributed by atoms with Crippen LogP contribution in [0.3, 0.4) is 0 Å². The molecule has 0 unspecified atom stereocenters. The van der Waals surface area contributed by atoms with Gasteiger partial charge in [0.15, 0.2) is 0 Å². The number of fused-ring (bicyclic) bond motifs is 2. The molecule has 2 aromatic rings. The van der Waals surface area contributed by atoms with Crippen LogP contribution in [0.4, 0.5) is 5.00 Å². The highest BCUT2D eigenvalue weighted by molar-refractivity contribution is 7.17. The Balaban J connectivity index is 1.66. The number of amides is 3. The Morgan fingerprint density at radius 3 is 2.30 bits per heavy atom. The molecule has 4 rings (SSSR count). The summed E-state index contributed by atoms with van der Waals surface area (Å²) < 4.78 is 4.92. The van der Waals surface area contributed by atoms with Gasteiger partial charge in [-0.15, -0.1) is 11.3 Å². The molecular formula is C22H22N2O5S. The number of carbonyl (C=O) groups excluding carboxylic acids is 4. The van der Waals surface area contributed by atoms with Crippen LogP contribution in [0.25, 0.3) is 0 Å². The van der Waals surface area contributed by atoms with Crippen LogP contribution in [0.15, 0.2) is 24.3 Å². The number of esters is 1. The van der Waals surface area contributed by atoms with Gasteiger partial charge in [0.25, 0.3) is 11.8 Å². The monoisotopic (exact) mass is 426 g/mol. The van der Waals surface area contributed by atoms with E-state index in [4.69, 9.17) is 4.74 Å². The average molecular weight is 426 g/mol. The standard InChI is InChI=1S/C22H22N2O5S/c1-11(2)17(24-20(26)12-7-4-5-8-13(12)21(24)27)18(25)23-19-16(22(28)29-3)14-9-6-10-15(14)30-19/h4-5,7-8,11,17H,6,9-10H2,1-3H3,(H,23,25)/t17-/m1/s1. The number of anilines is 1. The number of imide groups is 1. The van der Waals surface area contributed by atoms with E-state index >= 15 is 0 Å². The number of benzene rings is 1. The maximum Gasteiger partial charge on any atom is 0.341 e. The van der Waals surface area contributed by atoms with Crippen molar-refractivity contribution >= 4 is 40.0 Å². The lowest BCUT2D eigenvalue weighted by atomic mass is 10.0. The Labute approximate surface area is 178 Å². The molecular weight excluding hydrogens is 404 g/mol. The smallest absolute Gasteiger partial charge is 0.341 e. The first kappa shape index (κ1) is 20.3. The van der Waals surface area contributed by atoms with Crippen LogP contribution < -0.4 is 5.32 Å². The van der Waals surface area contributed by atoms with Crippen LogP contribution in [0.5, 0.6) is 0 Å². The molecule has 0 fully saturated rings. The van der Waals surface area contributed by atoms with Crippen molar-refractivity contribution in [2.45, 2.75) is 39.2 Å². The first-order valence-corrected chi connectivity index (χ1v) is 10.7. The molecule has 3 amide bonds. The Morgan fingerprint density at radius 2 is 1.73 bits per heavy atom. The number of nitrogens with zero attached hydrogens (tertiary/aromatic N) is 1. The van der Waals surface area contributed by atoms with E-state index < -0.39 is 29.7 Å². The highest BCUT2D eigenvalue weighted by atomic mass is 32.1. The minimum atomic E-state index is -1.00. The highest BCUT2D eigenvalue weighted by Gasteiger charge is 2.44. The third-order valence-electron chi connectivity index (χ3n) is 5.55. The van der Waals surface area contributed by atoms with Crippen LogP contribution in [0.1, 0.15) is 61.8 Å². The summed E-state index contributed by atoms with van der Waals surface area (Å²) in [6.45, 7) is 3.56. The summed E-state index contributed by atoms with van der Waals surface area (Å²) in [5.74, 6) is -2.27. The average Bonchev–Trinajstić information content (AvgIpc) is 3.36. The lowest BCUT2D eigenvalue weighted by Crippen LogP contribution is -2.50. The Kier molecular flexibility index (Phi) is 5.19. The van der Waals surface area contributed by atoms with E-state index in [2.05, 4.69) is 5.32 Å². The molecule has 0 saturated carbocycles. The molecule has 1 N–H and O–H groups in total. The van der Waals surface area contributed by atoms with E-state index in [1.807, 2.05) is 0 Å². The molecule has 0 saturated heterocycles. The number of hydrogen-bond donors (Lipinski definition) is 1. The largest absolute Gasteiger partial charge is 0.465 e. The van der Waals surface area contributed by atoms with Gasteiger partial charge >= 0.3 is 5.97 Å².